The molecular weight excluding hydrogens is 288 g/mol. The highest BCUT2D eigenvalue weighted by Gasteiger charge is 2.25. The first kappa shape index (κ1) is 13.9. The Morgan fingerprint density at radius 2 is 2.22 bits per heavy atom. The highest BCUT2D eigenvalue weighted by molar-refractivity contribution is 6.00. The van der Waals surface area contributed by atoms with Gasteiger partial charge in [-0.15, -0.1) is 5.10 Å². The Morgan fingerprint density at radius 3 is 3.00 bits per heavy atom. The molecule has 2 aliphatic rings. The summed E-state index contributed by atoms with van der Waals surface area (Å²) in [5.74, 6) is 1.04. The summed E-state index contributed by atoms with van der Waals surface area (Å²) in [6, 6.07) is 4.26. The summed E-state index contributed by atoms with van der Waals surface area (Å²) in [7, 11) is 0. The quantitative estimate of drug-likeness (QED) is 0.873. The summed E-state index contributed by atoms with van der Waals surface area (Å²) in [4.78, 5) is 11.0. The second-order valence-corrected chi connectivity index (χ2v) is 5.77. The number of fused-ring (bicyclic) bond motifs is 1. The summed E-state index contributed by atoms with van der Waals surface area (Å²) in [5.41, 5.74) is 3.87. The largest absolute Gasteiger partial charge is 0.330 e. The van der Waals surface area contributed by atoms with Crippen LogP contribution in [0.5, 0.6) is 0 Å². The van der Waals surface area contributed by atoms with Crippen LogP contribution in [0.25, 0.3) is 11.3 Å². The summed E-state index contributed by atoms with van der Waals surface area (Å²) in [6.45, 7) is 5.14. The maximum Gasteiger partial charge on any atom is 0.127 e. The van der Waals surface area contributed by atoms with E-state index >= 15 is 0 Å². The van der Waals surface area contributed by atoms with E-state index in [1.165, 1.54) is 0 Å². The van der Waals surface area contributed by atoms with Gasteiger partial charge in [0.15, 0.2) is 0 Å². The molecule has 4 rings (SSSR count). The fourth-order valence-electron chi connectivity index (χ4n) is 2.94. The van der Waals surface area contributed by atoms with E-state index < -0.39 is 0 Å². The minimum absolute atomic E-state index is 0.387. The lowest BCUT2D eigenvalue weighted by Gasteiger charge is -2.19. The van der Waals surface area contributed by atoms with Crippen molar-refractivity contribution in [2.75, 3.05) is 6.54 Å². The second-order valence-electron chi connectivity index (χ2n) is 5.77. The third kappa shape index (κ3) is 2.36. The Balaban J connectivity index is 1.67. The first-order chi connectivity index (χ1) is 11.3. The Hall–Kier alpha value is -2.76. The van der Waals surface area contributed by atoms with E-state index in [2.05, 4.69) is 45.5 Å². The van der Waals surface area contributed by atoms with Gasteiger partial charge in [0.25, 0.3) is 0 Å². The monoisotopic (exact) mass is 306 g/mol. The number of hydrogen-bond donors (Lipinski definition) is 0. The molecule has 0 saturated heterocycles. The van der Waals surface area contributed by atoms with Crippen molar-refractivity contribution < 1.29 is 0 Å². The Labute approximate surface area is 134 Å². The average Bonchev–Trinajstić information content (AvgIpc) is 3.18. The van der Waals surface area contributed by atoms with Crippen LogP contribution >= 0.6 is 0 Å². The molecule has 0 bridgehead atoms. The van der Waals surface area contributed by atoms with Crippen LogP contribution in [0.15, 0.2) is 47.9 Å². The van der Waals surface area contributed by atoms with Crippen molar-refractivity contribution >= 4 is 11.4 Å². The highest BCUT2D eigenvalue weighted by Crippen LogP contribution is 2.26. The molecular formula is C17H18N6. The molecule has 4 heterocycles. The molecule has 2 aromatic rings. The van der Waals surface area contributed by atoms with E-state index in [1.807, 2.05) is 23.7 Å². The zero-order chi connectivity index (χ0) is 15.8. The summed E-state index contributed by atoms with van der Waals surface area (Å²) >= 11 is 0. The van der Waals surface area contributed by atoms with Crippen molar-refractivity contribution in [3.8, 4) is 5.69 Å². The smallest absolute Gasteiger partial charge is 0.127 e. The van der Waals surface area contributed by atoms with E-state index in [1.54, 1.807) is 12.4 Å². The van der Waals surface area contributed by atoms with Crippen molar-refractivity contribution in [2.24, 2.45) is 4.99 Å². The van der Waals surface area contributed by atoms with Crippen LogP contribution < -0.4 is 0 Å². The Morgan fingerprint density at radius 1 is 1.30 bits per heavy atom. The molecule has 0 amide bonds. The molecule has 0 aliphatic carbocycles. The van der Waals surface area contributed by atoms with E-state index in [9.17, 15) is 0 Å². The molecule has 6 heteroatoms. The fourth-order valence-corrected chi connectivity index (χ4v) is 2.94. The molecule has 2 aliphatic heterocycles. The van der Waals surface area contributed by atoms with Gasteiger partial charge in [-0.25, -0.2) is 4.68 Å². The van der Waals surface area contributed by atoms with Crippen molar-refractivity contribution in [1.82, 2.24) is 24.9 Å². The van der Waals surface area contributed by atoms with Gasteiger partial charge in [0.05, 0.1) is 23.6 Å². The molecule has 0 N–H and O–H groups in total. The van der Waals surface area contributed by atoms with Crippen LogP contribution in [-0.4, -0.2) is 43.3 Å². The van der Waals surface area contributed by atoms with Crippen molar-refractivity contribution in [2.45, 2.75) is 26.3 Å². The number of amidine groups is 1. The predicted octanol–water partition coefficient (Wildman–Crippen LogP) is 2.37. The molecule has 0 saturated carbocycles. The zero-order valence-electron chi connectivity index (χ0n) is 13.2. The van der Waals surface area contributed by atoms with Crippen molar-refractivity contribution in [3.63, 3.8) is 0 Å². The molecule has 1 unspecified atom stereocenters. The van der Waals surface area contributed by atoms with E-state index in [0.717, 1.165) is 41.4 Å². The van der Waals surface area contributed by atoms with Gasteiger partial charge in [0.1, 0.15) is 11.5 Å². The van der Waals surface area contributed by atoms with Crippen LogP contribution in [-0.2, 0) is 0 Å². The first-order valence-electron chi connectivity index (χ1n) is 7.83. The molecule has 0 fully saturated rings. The maximum atomic E-state index is 4.69. The third-order valence-electron chi connectivity index (χ3n) is 4.25. The van der Waals surface area contributed by atoms with Gasteiger partial charge in [0.2, 0.25) is 0 Å². The summed E-state index contributed by atoms with van der Waals surface area (Å²) < 4.78 is 1.82. The predicted molar refractivity (Wildman–Crippen MR) is 89.2 cm³/mol. The Kier molecular flexibility index (Phi) is 3.29. The van der Waals surface area contributed by atoms with Gasteiger partial charge in [-0.3, -0.25) is 9.98 Å². The molecule has 1 atom stereocenters. The number of nitrogens with zero attached hydrogens (tertiary/aromatic N) is 6. The molecule has 0 aromatic carbocycles. The topological polar surface area (TPSA) is 59.2 Å². The molecule has 2 aromatic heterocycles. The summed E-state index contributed by atoms with van der Waals surface area (Å²) in [6.07, 6.45) is 10.9. The number of hydrogen-bond acceptors (Lipinski definition) is 5. The summed E-state index contributed by atoms with van der Waals surface area (Å²) in [5, 5.41) is 8.65. The van der Waals surface area contributed by atoms with Crippen LogP contribution in [0.1, 0.15) is 24.7 Å². The number of pyridine rings is 1. The van der Waals surface area contributed by atoms with Gasteiger partial charge >= 0.3 is 0 Å². The lowest BCUT2D eigenvalue weighted by Crippen LogP contribution is -2.24. The van der Waals surface area contributed by atoms with Gasteiger partial charge in [-0.05, 0) is 37.6 Å². The van der Waals surface area contributed by atoms with Gasteiger partial charge in [-0.2, -0.15) is 0 Å². The van der Waals surface area contributed by atoms with Crippen LogP contribution in [0, 0.1) is 6.92 Å². The average molecular weight is 306 g/mol. The maximum absolute atomic E-state index is 4.69. The van der Waals surface area contributed by atoms with E-state index in [4.69, 9.17) is 4.99 Å². The molecule has 23 heavy (non-hydrogen) atoms. The molecule has 6 nitrogen and oxygen atoms in total. The van der Waals surface area contributed by atoms with Crippen molar-refractivity contribution in [1.29, 1.82) is 0 Å². The minimum Gasteiger partial charge on any atom is -0.330 e. The number of aliphatic imine (C=N–C) groups is 1. The number of rotatable bonds is 3. The van der Waals surface area contributed by atoms with Gasteiger partial charge in [-0.1, -0.05) is 12.1 Å². The van der Waals surface area contributed by atoms with Gasteiger partial charge < -0.3 is 4.90 Å². The normalized spacial score (nSPS) is 19.6. The van der Waals surface area contributed by atoms with E-state index in [0.29, 0.717) is 6.04 Å². The lowest BCUT2D eigenvalue weighted by molar-refractivity contribution is 0.529. The minimum atomic E-state index is 0.387. The van der Waals surface area contributed by atoms with Gasteiger partial charge in [0, 0.05) is 24.5 Å². The standard InChI is InChI=1S/C17H18N6/c1-3-14-11-22-10-13(6-7-16(22)19-14)17-12(2)23(21-20-17)15-5-4-8-18-9-15/h4-10,14H,3,11H2,1-2H3. The first-order valence-corrected chi connectivity index (χ1v) is 7.83. The fraction of sp³-hybridized carbons (Fsp3) is 0.294. The number of aromatic nitrogens is 4. The third-order valence-corrected chi connectivity index (χ3v) is 4.25. The SMILES string of the molecule is CCC1CN2C=C(c3nnn(-c4cccnc4)c3C)C=CC2=N1. The van der Waals surface area contributed by atoms with Crippen molar-refractivity contribution in [3.05, 3.63) is 54.3 Å². The van der Waals surface area contributed by atoms with Crippen LogP contribution in [0.3, 0.4) is 0 Å². The highest BCUT2D eigenvalue weighted by atomic mass is 15.4. The van der Waals surface area contributed by atoms with Crippen LogP contribution in [0.2, 0.25) is 0 Å². The Bertz CT molecular complexity index is 815. The van der Waals surface area contributed by atoms with E-state index in [-0.39, 0.29) is 0 Å². The van der Waals surface area contributed by atoms with Crippen LogP contribution in [0.4, 0.5) is 0 Å². The lowest BCUT2D eigenvalue weighted by atomic mass is 10.1. The zero-order valence-corrected chi connectivity index (χ0v) is 13.2. The number of allylic oxidation sites excluding steroid dienone is 2. The molecule has 0 radical (unpaired) electrons. The molecule has 116 valence electrons. The molecule has 0 spiro atoms. The second kappa shape index (κ2) is 5.46.